The summed E-state index contributed by atoms with van der Waals surface area (Å²) in [6.07, 6.45) is 5.10. The van der Waals surface area contributed by atoms with Gasteiger partial charge >= 0.3 is 6.01 Å². The fraction of sp³-hybridized carbons (Fsp3) is 0.545. The van der Waals surface area contributed by atoms with E-state index in [0.29, 0.717) is 18.2 Å². The third-order valence-corrected chi connectivity index (χ3v) is 3.07. The third-order valence-electron chi connectivity index (χ3n) is 3.07. The summed E-state index contributed by atoms with van der Waals surface area (Å²) in [5.74, 6) is 0.723. The molecule has 2 rings (SSSR count). The van der Waals surface area contributed by atoms with Crippen LogP contribution in [0.5, 0.6) is 6.01 Å². The third kappa shape index (κ3) is 1.84. The van der Waals surface area contributed by atoms with Gasteiger partial charge in [-0.15, -0.1) is 0 Å². The molecule has 0 spiro atoms. The first-order valence-corrected chi connectivity index (χ1v) is 5.11. The summed E-state index contributed by atoms with van der Waals surface area (Å²) >= 11 is 0. The van der Waals surface area contributed by atoms with Crippen molar-refractivity contribution >= 4 is 5.78 Å². The lowest BCUT2D eigenvalue weighted by molar-refractivity contribution is -0.120. The molecule has 0 amide bonds. The average molecular weight is 206 g/mol. The van der Waals surface area contributed by atoms with Crippen LogP contribution in [-0.2, 0) is 4.79 Å². The van der Waals surface area contributed by atoms with Gasteiger partial charge in [0.15, 0.2) is 0 Å². The van der Waals surface area contributed by atoms with E-state index in [1.165, 1.54) is 7.11 Å². The van der Waals surface area contributed by atoms with E-state index in [1.807, 2.05) is 6.92 Å². The van der Waals surface area contributed by atoms with Gasteiger partial charge in [-0.2, -0.15) is 0 Å². The van der Waals surface area contributed by atoms with Crippen molar-refractivity contribution in [2.24, 2.45) is 5.92 Å². The molecular formula is C11H14N2O2. The van der Waals surface area contributed by atoms with Crippen LogP contribution in [0.25, 0.3) is 0 Å². The maximum Gasteiger partial charge on any atom is 0.316 e. The molecule has 1 aromatic heterocycles. The minimum absolute atomic E-state index is 0.0991. The number of carbonyl (C=O) groups excluding carboxylic acids is 1. The van der Waals surface area contributed by atoms with Crippen molar-refractivity contribution in [3.63, 3.8) is 0 Å². The molecule has 2 atom stereocenters. The molecule has 1 saturated carbocycles. The molecule has 0 aliphatic heterocycles. The highest BCUT2D eigenvalue weighted by Crippen LogP contribution is 2.36. The minimum atomic E-state index is 0.0991. The lowest BCUT2D eigenvalue weighted by atomic mass is 9.92. The van der Waals surface area contributed by atoms with Gasteiger partial charge in [-0.3, -0.25) is 4.79 Å². The van der Waals surface area contributed by atoms with Crippen molar-refractivity contribution in [3.8, 4) is 6.01 Å². The molecule has 1 aliphatic carbocycles. The maximum atomic E-state index is 11.4. The van der Waals surface area contributed by atoms with E-state index in [2.05, 4.69) is 9.97 Å². The number of Topliss-reactive ketones (excluding diaryl/α,β-unsaturated/α-hetero) is 1. The first-order chi connectivity index (χ1) is 7.22. The number of rotatable bonds is 2. The van der Waals surface area contributed by atoms with Crippen LogP contribution in [0, 0.1) is 5.92 Å². The van der Waals surface area contributed by atoms with E-state index >= 15 is 0 Å². The number of ether oxygens (including phenoxy) is 1. The second-order valence-electron chi connectivity index (χ2n) is 3.90. The van der Waals surface area contributed by atoms with E-state index < -0.39 is 0 Å². The van der Waals surface area contributed by atoms with E-state index in [-0.39, 0.29) is 11.8 Å². The second-order valence-corrected chi connectivity index (χ2v) is 3.90. The van der Waals surface area contributed by atoms with Crippen molar-refractivity contribution < 1.29 is 9.53 Å². The Balaban J connectivity index is 2.19. The van der Waals surface area contributed by atoms with Crippen molar-refractivity contribution in [1.29, 1.82) is 0 Å². The minimum Gasteiger partial charge on any atom is -0.467 e. The standard InChI is InChI=1S/C11H14N2O2/c1-7-9(3-4-10(7)14)8-5-12-11(15-2)13-6-8/h5-7,9H,3-4H2,1-2H3. The van der Waals surface area contributed by atoms with Gasteiger partial charge in [0.05, 0.1) is 7.11 Å². The Labute approximate surface area is 88.7 Å². The molecule has 0 aromatic carbocycles. The van der Waals surface area contributed by atoms with Crippen LogP contribution in [0.3, 0.4) is 0 Å². The number of carbonyl (C=O) groups is 1. The van der Waals surface area contributed by atoms with Gasteiger partial charge in [0, 0.05) is 24.7 Å². The Morgan fingerprint density at radius 1 is 1.40 bits per heavy atom. The summed E-state index contributed by atoms with van der Waals surface area (Å²) in [6.45, 7) is 1.98. The molecule has 1 heterocycles. The highest BCUT2D eigenvalue weighted by Gasteiger charge is 2.32. The van der Waals surface area contributed by atoms with Gasteiger partial charge in [0.1, 0.15) is 5.78 Å². The summed E-state index contributed by atoms with van der Waals surface area (Å²) in [5, 5.41) is 0. The van der Waals surface area contributed by atoms with Crippen molar-refractivity contribution in [1.82, 2.24) is 9.97 Å². The molecule has 0 N–H and O–H groups in total. The number of aromatic nitrogens is 2. The Morgan fingerprint density at radius 2 is 2.07 bits per heavy atom. The molecule has 0 radical (unpaired) electrons. The smallest absolute Gasteiger partial charge is 0.316 e. The van der Waals surface area contributed by atoms with Crippen LogP contribution in [0.1, 0.15) is 31.2 Å². The van der Waals surface area contributed by atoms with Crippen LogP contribution in [0.15, 0.2) is 12.4 Å². The SMILES string of the molecule is COc1ncc(C2CCC(=O)C2C)cn1. The molecule has 2 unspecified atom stereocenters. The number of hydrogen-bond donors (Lipinski definition) is 0. The number of methoxy groups -OCH3 is 1. The summed E-state index contributed by atoms with van der Waals surface area (Å²) in [6, 6.07) is 0.371. The summed E-state index contributed by atoms with van der Waals surface area (Å²) in [5.41, 5.74) is 1.04. The molecule has 4 heteroatoms. The molecule has 4 nitrogen and oxygen atoms in total. The Bertz CT molecular complexity index is 361. The molecule has 1 fully saturated rings. The first kappa shape index (κ1) is 10.1. The predicted octanol–water partition coefficient (Wildman–Crippen LogP) is 1.57. The lowest BCUT2D eigenvalue weighted by Gasteiger charge is -2.13. The van der Waals surface area contributed by atoms with Gasteiger partial charge in [-0.05, 0) is 17.9 Å². The summed E-state index contributed by atoms with van der Waals surface area (Å²) in [7, 11) is 1.54. The normalized spacial score (nSPS) is 25.6. The Morgan fingerprint density at radius 3 is 2.53 bits per heavy atom. The maximum absolute atomic E-state index is 11.4. The molecule has 1 aromatic rings. The Kier molecular flexibility index (Phi) is 2.66. The highest BCUT2D eigenvalue weighted by molar-refractivity contribution is 5.84. The van der Waals surface area contributed by atoms with Gasteiger partial charge in [-0.1, -0.05) is 6.92 Å². The van der Waals surface area contributed by atoms with Crippen LogP contribution in [0.2, 0.25) is 0 Å². The lowest BCUT2D eigenvalue weighted by Crippen LogP contribution is -2.09. The summed E-state index contributed by atoms with van der Waals surface area (Å²) < 4.78 is 4.89. The van der Waals surface area contributed by atoms with E-state index in [9.17, 15) is 4.79 Å². The topological polar surface area (TPSA) is 52.1 Å². The first-order valence-electron chi connectivity index (χ1n) is 5.11. The fourth-order valence-electron chi connectivity index (χ4n) is 2.08. The Hall–Kier alpha value is -1.45. The van der Waals surface area contributed by atoms with Crippen LogP contribution >= 0.6 is 0 Å². The highest BCUT2D eigenvalue weighted by atomic mass is 16.5. The quantitative estimate of drug-likeness (QED) is 0.737. The van der Waals surface area contributed by atoms with Crippen LogP contribution < -0.4 is 4.74 Å². The fourth-order valence-corrected chi connectivity index (χ4v) is 2.08. The van der Waals surface area contributed by atoms with Gasteiger partial charge in [0.25, 0.3) is 0 Å². The van der Waals surface area contributed by atoms with Crippen molar-refractivity contribution in [2.75, 3.05) is 7.11 Å². The zero-order valence-electron chi connectivity index (χ0n) is 8.93. The predicted molar refractivity (Wildman–Crippen MR) is 54.7 cm³/mol. The molecular weight excluding hydrogens is 192 g/mol. The molecule has 1 aliphatic rings. The van der Waals surface area contributed by atoms with E-state index in [1.54, 1.807) is 12.4 Å². The van der Waals surface area contributed by atoms with Crippen LogP contribution in [0.4, 0.5) is 0 Å². The zero-order chi connectivity index (χ0) is 10.8. The summed E-state index contributed by atoms with van der Waals surface area (Å²) in [4.78, 5) is 19.5. The molecule has 80 valence electrons. The van der Waals surface area contributed by atoms with Gasteiger partial charge in [-0.25, -0.2) is 9.97 Å². The monoisotopic (exact) mass is 206 g/mol. The number of ketones is 1. The number of hydrogen-bond acceptors (Lipinski definition) is 4. The zero-order valence-corrected chi connectivity index (χ0v) is 8.93. The molecule has 0 saturated heterocycles. The van der Waals surface area contributed by atoms with E-state index in [4.69, 9.17) is 4.74 Å². The molecule has 15 heavy (non-hydrogen) atoms. The van der Waals surface area contributed by atoms with E-state index in [0.717, 1.165) is 12.0 Å². The van der Waals surface area contributed by atoms with Gasteiger partial charge in [0.2, 0.25) is 0 Å². The second kappa shape index (κ2) is 3.96. The van der Waals surface area contributed by atoms with Crippen LogP contribution in [-0.4, -0.2) is 22.9 Å². The van der Waals surface area contributed by atoms with Crippen molar-refractivity contribution in [3.05, 3.63) is 18.0 Å². The van der Waals surface area contributed by atoms with Gasteiger partial charge < -0.3 is 4.74 Å². The number of nitrogens with zero attached hydrogens (tertiary/aromatic N) is 2. The molecule has 0 bridgehead atoms. The average Bonchev–Trinajstić information content (AvgIpc) is 2.60. The van der Waals surface area contributed by atoms with Crippen molar-refractivity contribution in [2.45, 2.75) is 25.7 Å². The largest absolute Gasteiger partial charge is 0.467 e.